The summed E-state index contributed by atoms with van der Waals surface area (Å²) in [6, 6.07) is 63.2. The van der Waals surface area contributed by atoms with Crippen molar-refractivity contribution in [2.24, 2.45) is 0 Å². The summed E-state index contributed by atoms with van der Waals surface area (Å²) in [7, 11) is 0. The summed E-state index contributed by atoms with van der Waals surface area (Å²) < 4.78 is 6.56. The maximum Gasteiger partial charge on any atom is 0.132 e. The average molecular weight is 576 g/mol. The van der Waals surface area contributed by atoms with Gasteiger partial charge in [0, 0.05) is 16.8 Å². The lowest BCUT2D eigenvalue weighted by molar-refractivity contribution is 0.434. The lowest BCUT2D eigenvalue weighted by Crippen LogP contribution is -2.39. The Bertz CT molecular complexity index is 2050. The molecule has 0 radical (unpaired) electrons. The van der Waals surface area contributed by atoms with E-state index < -0.39 is 5.41 Å². The van der Waals surface area contributed by atoms with Gasteiger partial charge in [0.2, 0.25) is 0 Å². The Kier molecular flexibility index (Phi) is 5.76. The monoisotopic (exact) mass is 575 g/mol. The van der Waals surface area contributed by atoms with Crippen molar-refractivity contribution in [1.82, 2.24) is 0 Å². The predicted molar refractivity (Wildman–Crippen MR) is 184 cm³/mol. The van der Waals surface area contributed by atoms with Crippen LogP contribution in [0.4, 0.5) is 17.1 Å². The molecule has 0 N–H and O–H groups in total. The number of ether oxygens (including phenoxy) is 1. The van der Waals surface area contributed by atoms with E-state index in [1.165, 1.54) is 33.4 Å². The van der Waals surface area contributed by atoms with Crippen LogP contribution in [0.2, 0.25) is 0 Å². The minimum absolute atomic E-state index is 0.547. The van der Waals surface area contributed by atoms with Crippen molar-refractivity contribution in [3.63, 3.8) is 0 Å². The third-order valence-corrected chi connectivity index (χ3v) is 9.29. The number of anilines is 3. The van der Waals surface area contributed by atoms with Gasteiger partial charge < -0.3 is 9.64 Å². The van der Waals surface area contributed by atoms with Gasteiger partial charge in [-0.05, 0) is 75.8 Å². The molecule has 45 heavy (non-hydrogen) atoms. The highest BCUT2D eigenvalue weighted by molar-refractivity contribution is 5.93. The van der Waals surface area contributed by atoms with Crippen LogP contribution in [0.3, 0.4) is 0 Å². The van der Waals surface area contributed by atoms with E-state index in [1.807, 2.05) is 0 Å². The molecule has 0 saturated heterocycles. The highest BCUT2D eigenvalue weighted by Gasteiger charge is 2.50. The minimum atomic E-state index is -0.547. The first-order valence-electron chi connectivity index (χ1n) is 15.4. The Balaban J connectivity index is 1.37. The van der Waals surface area contributed by atoms with Crippen molar-refractivity contribution in [3.05, 3.63) is 198 Å². The average Bonchev–Trinajstić information content (AvgIpc) is 3.12. The van der Waals surface area contributed by atoms with Gasteiger partial charge in [-0.3, -0.25) is 0 Å². The smallest absolute Gasteiger partial charge is 0.132 e. The first kappa shape index (κ1) is 25.6. The lowest BCUT2D eigenvalue weighted by atomic mass is 9.61. The van der Waals surface area contributed by atoms with E-state index in [2.05, 4.69) is 181 Å². The van der Waals surface area contributed by atoms with Crippen molar-refractivity contribution in [1.29, 1.82) is 0 Å². The van der Waals surface area contributed by atoms with Gasteiger partial charge in [0.25, 0.3) is 0 Å². The molecule has 1 spiro atoms. The Morgan fingerprint density at radius 3 is 1.24 bits per heavy atom. The highest BCUT2D eigenvalue weighted by Crippen LogP contribution is 2.62. The minimum Gasteiger partial charge on any atom is -0.457 e. The number of hydrogen-bond acceptors (Lipinski definition) is 2. The van der Waals surface area contributed by atoms with E-state index in [9.17, 15) is 0 Å². The molecule has 0 unspecified atom stereocenters. The molecule has 2 aliphatic rings. The van der Waals surface area contributed by atoms with Crippen LogP contribution in [0.5, 0.6) is 11.5 Å². The molecule has 0 saturated carbocycles. The van der Waals surface area contributed by atoms with Crippen molar-refractivity contribution >= 4 is 17.1 Å². The summed E-state index contributed by atoms with van der Waals surface area (Å²) in [6.45, 7) is 0. The van der Waals surface area contributed by atoms with Gasteiger partial charge in [-0.1, -0.05) is 133 Å². The zero-order valence-corrected chi connectivity index (χ0v) is 24.6. The van der Waals surface area contributed by atoms with Crippen molar-refractivity contribution in [3.8, 4) is 33.8 Å². The van der Waals surface area contributed by atoms with E-state index in [1.54, 1.807) is 0 Å². The molecule has 0 amide bonds. The van der Waals surface area contributed by atoms with Crippen molar-refractivity contribution in [2.45, 2.75) is 5.41 Å². The van der Waals surface area contributed by atoms with Crippen molar-refractivity contribution < 1.29 is 4.74 Å². The molecule has 0 bridgehead atoms. The van der Waals surface area contributed by atoms with E-state index >= 15 is 0 Å². The summed E-state index contributed by atoms with van der Waals surface area (Å²) in [5, 5.41) is 0. The van der Waals surface area contributed by atoms with Crippen LogP contribution in [0.1, 0.15) is 22.3 Å². The zero-order valence-electron chi connectivity index (χ0n) is 24.6. The third kappa shape index (κ3) is 3.82. The number of nitrogens with zero attached hydrogens (tertiary/aromatic N) is 1. The third-order valence-electron chi connectivity index (χ3n) is 9.29. The molecule has 7 aromatic rings. The lowest BCUT2D eigenvalue weighted by Gasteiger charge is -2.48. The van der Waals surface area contributed by atoms with Crippen LogP contribution in [-0.4, -0.2) is 0 Å². The van der Waals surface area contributed by atoms with Crippen LogP contribution in [-0.2, 0) is 5.41 Å². The second-order valence-electron chi connectivity index (χ2n) is 11.7. The summed E-state index contributed by atoms with van der Waals surface area (Å²) in [5.74, 6) is 1.79. The fourth-order valence-electron chi connectivity index (χ4n) is 7.43. The van der Waals surface area contributed by atoms with Crippen molar-refractivity contribution in [2.75, 3.05) is 4.90 Å². The first-order valence-corrected chi connectivity index (χ1v) is 15.4. The van der Waals surface area contributed by atoms with Gasteiger partial charge in [-0.2, -0.15) is 0 Å². The molecule has 2 heteroatoms. The first-order chi connectivity index (χ1) is 22.3. The van der Waals surface area contributed by atoms with Gasteiger partial charge in [0.15, 0.2) is 0 Å². The van der Waals surface area contributed by atoms with Crippen LogP contribution in [0, 0.1) is 0 Å². The quantitative estimate of drug-likeness (QED) is 0.208. The second kappa shape index (κ2) is 10.1. The fraction of sp³-hybridized carbons (Fsp3) is 0.0233. The number of rotatable bonds is 3. The van der Waals surface area contributed by atoms with Gasteiger partial charge in [0.1, 0.15) is 11.5 Å². The zero-order chi connectivity index (χ0) is 29.8. The van der Waals surface area contributed by atoms with E-state index in [4.69, 9.17) is 4.74 Å². The predicted octanol–water partition coefficient (Wildman–Crippen LogP) is 11.3. The number of fused-ring (bicyclic) bond motifs is 8. The van der Waals surface area contributed by atoms with Crippen LogP contribution >= 0.6 is 0 Å². The molecule has 2 aliphatic heterocycles. The molecule has 2 heterocycles. The van der Waals surface area contributed by atoms with Crippen LogP contribution < -0.4 is 9.64 Å². The number of hydrogen-bond donors (Lipinski definition) is 0. The number of benzene rings is 7. The van der Waals surface area contributed by atoms with Gasteiger partial charge >= 0.3 is 0 Å². The SMILES string of the molecule is c1ccc(-c2cc(-c3ccccc3)cc(N3c4ccccc4C4(c5ccccc5Oc5ccccc54)c4ccccc43)c2)cc1. The van der Waals surface area contributed by atoms with Crippen LogP contribution in [0.15, 0.2) is 176 Å². The molecule has 0 aromatic heterocycles. The Morgan fingerprint density at radius 1 is 0.356 bits per heavy atom. The highest BCUT2D eigenvalue weighted by atomic mass is 16.5. The summed E-state index contributed by atoms with van der Waals surface area (Å²) in [5.41, 5.74) is 12.4. The Hall–Kier alpha value is -5.86. The molecular weight excluding hydrogens is 546 g/mol. The molecule has 0 atom stereocenters. The summed E-state index contributed by atoms with van der Waals surface area (Å²) in [4.78, 5) is 2.45. The van der Waals surface area contributed by atoms with E-state index in [-0.39, 0.29) is 0 Å². The van der Waals surface area contributed by atoms with E-state index in [0.29, 0.717) is 0 Å². The van der Waals surface area contributed by atoms with E-state index in [0.717, 1.165) is 39.7 Å². The van der Waals surface area contributed by atoms with Crippen LogP contribution in [0.25, 0.3) is 22.3 Å². The summed E-state index contributed by atoms with van der Waals surface area (Å²) >= 11 is 0. The molecule has 2 nitrogen and oxygen atoms in total. The Labute approximate surface area is 263 Å². The molecule has 0 aliphatic carbocycles. The largest absolute Gasteiger partial charge is 0.457 e. The van der Waals surface area contributed by atoms with Gasteiger partial charge in [-0.15, -0.1) is 0 Å². The molecule has 0 fully saturated rings. The summed E-state index contributed by atoms with van der Waals surface area (Å²) in [6.07, 6.45) is 0. The molecule has 9 rings (SSSR count). The fourth-order valence-corrected chi connectivity index (χ4v) is 7.43. The Morgan fingerprint density at radius 2 is 0.756 bits per heavy atom. The van der Waals surface area contributed by atoms with Gasteiger partial charge in [0.05, 0.1) is 16.8 Å². The molecular formula is C43H29NO. The second-order valence-corrected chi connectivity index (χ2v) is 11.7. The molecule has 212 valence electrons. The van der Waals surface area contributed by atoms with Gasteiger partial charge in [-0.25, -0.2) is 0 Å². The topological polar surface area (TPSA) is 12.5 Å². The maximum absolute atomic E-state index is 6.56. The molecule has 7 aromatic carbocycles. The normalized spacial score (nSPS) is 13.6. The standard InChI is InChI=1S/C43H29NO/c1-3-15-30(16-4-1)32-27-33(31-17-5-2-6-18-31)29-34(28-32)44-39-23-11-7-19-35(39)43(36-20-8-12-24-40(36)44)37-21-9-13-25-41(37)45-42-26-14-10-22-38(42)43/h1-29H. The maximum atomic E-state index is 6.56. The number of para-hydroxylation sites is 4.